The molecule has 0 saturated carbocycles. The van der Waals surface area contributed by atoms with Crippen LogP contribution >= 0.6 is 0 Å². The number of hydrogen-bond donors (Lipinski definition) is 0. The van der Waals surface area contributed by atoms with Crippen LogP contribution in [0.2, 0.25) is 18.1 Å². The molecular weight excluding hydrogens is 244 g/mol. The van der Waals surface area contributed by atoms with Crippen LogP contribution in [0.3, 0.4) is 0 Å². The molecule has 0 aromatic rings. The van der Waals surface area contributed by atoms with Crippen molar-refractivity contribution in [1.82, 2.24) is 0 Å². The predicted octanol–water partition coefficient (Wildman–Crippen LogP) is 3.76. The second-order valence-electron chi connectivity index (χ2n) is 6.12. The predicted molar refractivity (Wildman–Crippen MR) is 78.1 cm³/mol. The Labute approximate surface area is 113 Å². The van der Waals surface area contributed by atoms with E-state index in [1.807, 2.05) is 6.08 Å². The van der Waals surface area contributed by atoms with E-state index in [0.29, 0.717) is 6.61 Å². The van der Waals surface area contributed by atoms with Gasteiger partial charge in [0.05, 0.1) is 7.11 Å². The third kappa shape index (κ3) is 5.82. The van der Waals surface area contributed by atoms with E-state index in [4.69, 9.17) is 4.43 Å². The first-order chi connectivity index (χ1) is 8.14. The van der Waals surface area contributed by atoms with Crippen molar-refractivity contribution in [2.45, 2.75) is 52.2 Å². The van der Waals surface area contributed by atoms with Gasteiger partial charge in [-0.2, -0.15) is 0 Å². The van der Waals surface area contributed by atoms with Gasteiger partial charge in [0, 0.05) is 12.7 Å². The molecule has 106 valence electrons. The van der Waals surface area contributed by atoms with Gasteiger partial charge in [-0.1, -0.05) is 33.8 Å². The van der Waals surface area contributed by atoms with Gasteiger partial charge < -0.3 is 9.16 Å². The Morgan fingerprint density at radius 2 is 1.89 bits per heavy atom. The summed E-state index contributed by atoms with van der Waals surface area (Å²) in [6, 6.07) is 0. The van der Waals surface area contributed by atoms with Crippen molar-refractivity contribution in [3.05, 3.63) is 12.2 Å². The largest absolute Gasteiger partial charge is 0.466 e. The monoisotopic (exact) mass is 272 g/mol. The van der Waals surface area contributed by atoms with Crippen LogP contribution in [0.15, 0.2) is 12.2 Å². The van der Waals surface area contributed by atoms with Crippen molar-refractivity contribution < 1.29 is 14.0 Å². The van der Waals surface area contributed by atoms with Gasteiger partial charge in [0.2, 0.25) is 0 Å². The lowest BCUT2D eigenvalue weighted by atomic mass is 10.1. The molecule has 0 unspecified atom stereocenters. The molecule has 0 rings (SSSR count). The van der Waals surface area contributed by atoms with E-state index in [1.165, 1.54) is 13.2 Å². The molecule has 0 aromatic carbocycles. The average molecular weight is 272 g/mol. The molecule has 3 nitrogen and oxygen atoms in total. The van der Waals surface area contributed by atoms with E-state index in [1.54, 1.807) is 0 Å². The molecule has 1 atom stereocenters. The molecule has 0 aliphatic heterocycles. The molecule has 0 aromatic heterocycles. The van der Waals surface area contributed by atoms with Crippen LogP contribution in [0.4, 0.5) is 0 Å². The fourth-order valence-electron chi connectivity index (χ4n) is 1.12. The summed E-state index contributed by atoms with van der Waals surface area (Å²) < 4.78 is 10.7. The van der Waals surface area contributed by atoms with Gasteiger partial charge in [-0.05, 0) is 30.5 Å². The highest BCUT2D eigenvalue weighted by Gasteiger charge is 2.37. The zero-order chi connectivity index (χ0) is 14.4. The van der Waals surface area contributed by atoms with Crippen LogP contribution in [-0.2, 0) is 14.0 Å². The van der Waals surface area contributed by atoms with E-state index in [-0.39, 0.29) is 16.9 Å². The summed E-state index contributed by atoms with van der Waals surface area (Å²) in [6.45, 7) is 13.9. The summed E-state index contributed by atoms with van der Waals surface area (Å²) in [5.41, 5.74) is 0. The van der Waals surface area contributed by atoms with Crippen LogP contribution < -0.4 is 0 Å². The third-order valence-electron chi connectivity index (χ3n) is 3.69. The number of ether oxygens (including phenoxy) is 1. The Hall–Kier alpha value is -0.613. The SMILES string of the molecule is CC[C@H](/C=C/C(=O)OC)CO[Si](C)(C)C(C)(C)C. The van der Waals surface area contributed by atoms with Crippen molar-refractivity contribution in [3.8, 4) is 0 Å². The lowest BCUT2D eigenvalue weighted by Gasteiger charge is -2.37. The lowest BCUT2D eigenvalue weighted by Crippen LogP contribution is -2.41. The van der Waals surface area contributed by atoms with E-state index in [0.717, 1.165) is 6.42 Å². The van der Waals surface area contributed by atoms with Crippen molar-refractivity contribution in [3.63, 3.8) is 0 Å². The highest BCUT2D eigenvalue weighted by molar-refractivity contribution is 6.74. The van der Waals surface area contributed by atoms with E-state index in [9.17, 15) is 4.79 Å². The number of esters is 1. The minimum absolute atomic E-state index is 0.220. The second-order valence-corrected chi connectivity index (χ2v) is 10.9. The first kappa shape index (κ1) is 17.4. The van der Waals surface area contributed by atoms with Crippen molar-refractivity contribution in [2.24, 2.45) is 5.92 Å². The van der Waals surface area contributed by atoms with Gasteiger partial charge in [-0.25, -0.2) is 4.79 Å². The molecule has 0 saturated heterocycles. The van der Waals surface area contributed by atoms with Gasteiger partial charge in [-0.15, -0.1) is 0 Å². The van der Waals surface area contributed by atoms with Gasteiger partial charge in [0.15, 0.2) is 8.32 Å². The summed E-state index contributed by atoms with van der Waals surface area (Å²) in [6.07, 6.45) is 4.34. The zero-order valence-electron chi connectivity index (χ0n) is 12.9. The molecule has 0 aliphatic carbocycles. The average Bonchev–Trinajstić information content (AvgIpc) is 2.27. The molecule has 0 amide bonds. The summed E-state index contributed by atoms with van der Waals surface area (Å²) in [5, 5.41) is 0.220. The van der Waals surface area contributed by atoms with Crippen LogP contribution in [0, 0.1) is 5.92 Å². The minimum Gasteiger partial charge on any atom is -0.466 e. The van der Waals surface area contributed by atoms with Crippen LogP contribution in [0.25, 0.3) is 0 Å². The maximum atomic E-state index is 11.1. The number of methoxy groups -OCH3 is 1. The lowest BCUT2D eigenvalue weighted by molar-refractivity contribution is -0.134. The Balaban J connectivity index is 4.41. The molecule has 0 spiro atoms. The third-order valence-corrected chi connectivity index (χ3v) is 8.20. The summed E-state index contributed by atoms with van der Waals surface area (Å²) in [7, 11) is -0.310. The summed E-state index contributed by atoms with van der Waals surface area (Å²) >= 11 is 0. The molecule has 0 aliphatic rings. The van der Waals surface area contributed by atoms with E-state index in [2.05, 4.69) is 45.5 Å². The van der Waals surface area contributed by atoms with Crippen LogP contribution in [0.1, 0.15) is 34.1 Å². The molecule has 0 heterocycles. The first-order valence-corrected chi connectivity index (χ1v) is 9.45. The second kappa shape index (κ2) is 7.09. The van der Waals surface area contributed by atoms with Gasteiger partial charge in [0.25, 0.3) is 0 Å². The molecule has 0 bridgehead atoms. The Morgan fingerprint density at radius 3 is 2.28 bits per heavy atom. The first-order valence-electron chi connectivity index (χ1n) is 6.54. The van der Waals surface area contributed by atoms with Gasteiger partial charge in [0.1, 0.15) is 0 Å². The molecule has 18 heavy (non-hydrogen) atoms. The van der Waals surface area contributed by atoms with Crippen molar-refractivity contribution >= 4 is 14.3 Å². The quantitative estimate of drug-likeness (QED) is 0.419. The van der Waals surface area contributed by atoms with Gasteiger partial charge >= 0.3 is 5.97 Å². The van der Waals surface area contributed by atoms with Gasteiger partial charge in [-0.3, -0.25) is 0 Å². The maximum Gasteiger partial charge on any atom is 0.330 e. The summed E-state index contributed by atoms with van der Waals surface area (Å²) in [4.78, 5) is 11.1. The van der Waals surface area contributed by atoms with Crippen molar-refractivity contribution in [1.29, 1.82) is 0 Å². The number of carbonyl (C=O) groups is 1. The maximum absolute atomic E-state index is 11.1. The molecule has 0 fully saturated rings. The highest BCUT2D eigenvalue weighted by atomic mass is 28.4. The Morgan fingerprint density at radius 1 is 1.33 bits per heavy atom. The Kier molecular flexibility index (Phi) is 6.85. The molecule has 0 radical (unpaired) electrons. The standard InChI is InChI=1S/C14H28O3Si/c1-8-12(9-10-13(15)16-5)11-17-18(6,7)14(2,3)4/h9-10,12H,8,11H2,1-7H3/b10-9+/t12-/m1/s1. The smallest absolute Gasteiger partial charge is 0.330 e. The number of hydrogen-bond acceptors (Lipinski definition) is 3. The normalized spacial score (nSPS) is 14.8. The fraction of sp³-hybridized carbons (Fsp3) is 0.786. The van der Waals surface area contributed by atoms with E-state index < -0.39 is 8.32 Å². The summed E-state index contributed by atoms with van der Waals surface area (Å²) in [5.74, 6) is -0.0287. The molecular formula is C14H28O3Si. The topological polar surface area (TPSA) is 35.5 Å². The van der Waals surface area contributed by atoms with Crippen LogP contribution in [-0.4, -0.2) is 28.0 Å². The molecule has 0 N–H and O–H groups in total. The highest BCUT2D eigenvalue weighted by Crippen LogP contribution is 2.36. The zero-order valence-corrected chi connectivity index (χ0v) is 13.9. The van der Waals surface area contributed by atoms with E-state index >= 15 is 0 Å². The fourth-order valence-corrected chi connectivity index (χ4v) is 2.19. The van der Waals surface area contributed by atoms with Crippen molar-refractivity contribution in [2.75, 3.05) is 13.7 Å². The molecule has 4 heteroatoms. The Bertz CT molecular complexity index is 290. The number of carbonyl (C=O) groups excluding carboxylic acids is 1. The minimum atomic E-state index is -1.70. The van der Waals surface area contributed by atoms with Crippen LogP contribution in [0.5, 0.6) is 0 Å². The number of rotatable bonds is 6.